The highest BCUT2D eigenvalue weighted by Crippen LogP contribution is 2.28. The van der Waals surface area contributed by atoms with Gasteiger partial charge in [-0.2, -0.15) is 0 Å². The molecule has 0 aromatic heterocycles. The second-order valence-electron chi connectivity index (χ2n) is 6.31. The summed E-state index contributed by atoms with van der Waals surface area (Å²) < 4.78 is 0. The second kappa shape index (κ2) is 8.35. The maximum absolute atomic E-state index is 12.9. The Bertz CT molecular complexity index is 845. The van der Waals surface area contributed by atoms with Gasteiger partial charge in [0.15, 0.2) is 0 Å². The summed E-state index contributed by atoms with van der Waals surface area (Å²) in [4.78, 5) is 26.3. The number of benzene rings is 2. The van der Waals surface area contributed by atoms with E-state index in [-0.39, 0.29) is 17.9 Å². The Morgan fingerprint density at radius 2 is 1.88 bits per heavy atom. The van der Waals surface area contributed by atoms with Gasteiger partial charge in [0.1, 0.15) is 0 Å². The van der Waals surface area contributed by atoms with Crippen LogP contribution in [-0.2, 0) is 4.79 Å². The minimum absolute atomic E-state index is 0.0394. The van der Waals surface area contributed by atoms with Crippen LogP contribution in [-0.4, -0.2) is 29.3 Å². The number of carbonyl (C=O) groups is 2. The molecule has 0 radical (unpaired) electrons. The maximum Gasteiger partial charge on any atom is 0.254 e. The van der Waals surface area contributed by atoms with Crippen LogP contribution >= 0.6 is 0 Å². The zero-order valence-electron chi connectivity index (χ0n) is 14.9. The smallest absolute Gasteiger partial charge is 0.254 e. The predicted molar refractivity (Wildman–Crippen MR) is 103 cm³/mol. The molecule has 2 aromatic rings. The maximum atomic E-state index is 12.9. The SMILES string of the molecule is CCC(=O)Nc1cccc(C(=O)N(CC#Cc2ccccc2)C2CC2)c1. The van der Waals surface area contributed by atoms with Crippen LogP contribution in [0.5, 0.6) is 0 Å². The molecule has 0 aliphatic heterocycles. The minimum Gasteiger partial charge on any atom is -0.326 e. The van der Waals surface area contributed by atoms with Crippen LogP contribution in [0.25, 0.3) is 0 Å². The van der Waals surface area contributed by atoms with Crippen molar-refractivity contribution in [3.8, 4) is 11.8 Å². The van der Waals surface area contributed by atoms with Gasteiger partial charge in [-0.25, -0.2) is 0 Å². The molecule has 0 bridgehead atoms. The third kappa shape index (κ3) is 4.73. The van der Waals surface area contributed by atoms with E-state index in [0.29, 0.717) is 24.2 Å². The average Bonchev–Trinajstić information content (AvgIpc) is 3.51. The third-order valence-corrected chi connectivity index (χ3v) is 4.22. The molecule has 4 nitrogen and oxygen atoms in total. The summed E-state index contributed by atoms with van der Waals surface area (Å²) in [5.74, 6) is 6.12. The molecule has 1 aliphatic carbocycles. The van der Waals surface area contributed by atoms with Gasteiger partial charge in [-0.3, -0.25) is 9.59 Å². The molecule has 2 aromatic carbocycles. The highest BCUT2D eigenvalue weighted by Gasteiger charge is 2.32. The highest BCUT2D eigenvalue weighted by molar-refractivity contribution is 5.97. The van der Waals surface area contributed by atoms with Crippen LogP contribution in [0.3, 0.4) is 0 Å². The Labute approximate surface area is 154 Å². The van der Waals surface area contributed by atoms with Crippen molar-refractivity contribution >= 4 is 17.5 Å². The van der Waals surface area contributed by atoms with Crippen LogP contribution in [0.1, 0.15) is 42.1 Å². The number of anilines is 1. The third-order valence-electron chi connectivity index (χ3n) is 4.22. The predicted octanol–water partition coefficient (Wildman–Crippen LogP) is 3.69. The molecule has 0 unspecified atom stereocenters. The van der Waals surface area contributed by atoms with E-state index in [1.165, 1.54) is 0 Å². The Kier molecular flexibility index (Phi) is 5.70. The lowest BCUT2D eigenvalue weighted by molar-refractivity contribution is -0.115. The van der Waals surface area contributed by atoms with Crippen LogP contribution in [0, 0.1) is 11.8 Å². The molecule has 0 heterocycles. The van der Waals surface area contributed by atoms with Gasteiger partial charge in [0.25, 0.3) is 5.91 Å². The molecule has 4 heteroatoms. The first-order valence-electron chi connectivity index (χ1n) is 8.92. The lowest BCUT2D eigenvalue weighted by Gasteiger charge is -2.20. The van der Waals surface area contributed by atoms with E-state index in [1.807, 2.05) is 35.2 Å². The molecule has 3 rings (SSSR count). The standard InChI is InChI=1S/C22H22N2O2/c1-2-21(25)23-19-12-6-11-18(16-19)22(26)24(20-13-14-20)15-7-10-17-8-4-3-5-9-17/h3-6,8-9,11-12,16,20H,2,13-15H2,1H3,(H,23,25). The van der Waals surface area contributed by atoms with E-state index in [2.05, 4.69) is 17.2 Å². The molecular weight excluding hydrogens is 324 g/mol. The molecule has 0 spiro atoms. The number of carbonyl (C=O) groups excluding carboxylic acids is 2. The number of hydrogen-bond donors (Lipinski definition) is 1. The lowest BCUT2D eigenvalue weighted by Crippen LogP contribution is -2.33. The number of nitrogens with zero attached hydrogens (tertiary/aromatic N) is 1. The Morgan fingerprint density at radius 1 is 1.12 bits per heavy atom. The highest BCUT2D eigenvalue weighted by atomic mass is 16.2. The van der Waals surface area contributed by atoms with Gasteiger partial charge in [0.05, 0.1) is 6.54 Å². The number of hydrogen-bond acceptors (Lipinski definition) is 2. The summed E-state index contributed by atoms with van der Waals surface area (Å²) >= 11 is 0. The van der Waals surface area contributed by atoms with Gasteiger partial charge in [-0.15, -0.1) is 0 Å². The summed E-state index contributed by atoms with van der Waals surface area (Å²) in [7, 11) is 0. The summed E-state index contributed by atoms with van der Waals surface area (Å²) in [6, 6.07) is 17.1. The summed E-state index contributed by atoms with van der Waals surface area (Å²) in [5, 5.41) is 2.80. The van der Waals surface area contributed by atoms with Crippen molar-refractivity contribution < 1.29 is 9.59 Å². The van der Waals surface area contributed by atoms with Crippen LogP contribution in [0.15, 0.2) is 54.6 Å². The number of amides is 2. The number of rotatable bonds is 5. The zero-order chi connectivity index (χ0) is 18.4. The second-order valence-corrected chi connectivity index (χ2v) is 6.31. The van der Waals surface area contributed by atoms with E-state index in [4.69, 9.17) is 0 Å². The zero-order valence-corrected chi connectivity index (χ0v) is 14.9. The van der Waals surface area contributed by atoms with Gasteiger partial charge < -0.3 is 10.2 Å². The van der Waals surface area contributed by atoms with Crippen LogP contribution < -0.4 is 5.32 Å². The topological polar surface area (TPSA) is 49.4 Å². The van der Waals surface area contributed by atoms with E-state index in [9.17, 15) is 9.59 Å². The monoisotopic (exact) mass is 346 g/mol. The van der Waals surface area contributed by atoms with E-state index in [0.717, 1.165) is 18.4 Å². The molecule has 0 atom stereocenters. The van der Waals surface area contributed by atoms with Crippen molar-refractivity contribution in [2.75, 3.05) is 11.9 Å². The van der Waals surface area contributed by atoms with Crippen molar-refractivity contribution in [2.45, 2.75) is 32.2 Å². The van der Waals surface area contributed by atoms with Crippen molar-refractivity contribution in [1.29, 1.82) is 0 Å². The van der Waals surface area contributed by atoms with Gasteiger partial charge in [0.2, 0.25) is 5.91 Å². The fraction of sp³-hybridized carbons (Fsp3) is 0.273. The molecule has 1 N–H and O–H groups in total. The van der Waals surface area contributed by atoms with E-state index < -0.39 is 0 Å². The first-order chi connectivity index (χ1) is 12.7. The Balaban J connectivity index is 1.72. The fourth-order valence-electron chi connectivity index (χ4n) is 2.65. The molecule has 1 saturated carbocycles. The Hall–Kier alpha value is -3.06. The summed E-state index contributed by atoms with van der Waals surface area (Å²) in [6.45, 7) is 2.20. The lowest BCUT2D eigenvalue weighted by atomic mass is 10.1. The average molecular weight is 346 g/mol. The summed E-state index contributed by atoms with van der Waals surface area (Å²) in [6.07, 6.45) is 2.44. The largest absolute Gasteiger partial charge is 0.326 e. The summed E-state index contributed by atoms with van der Waals surface area (Å²) in [5.41, 5.74) is 2.17. The van der Waals surface area contributed by atoms with E-state index in [1.54, 1.807) is 31.2 Å². The van der Waals surface area contributed by atoms with Crippen LogP contribution in [0.2, 0.25) is 0 Å². The molecule has 1 fully saturated rings. The normalized spacial score (nSPS) is 12.7. The quantitative estimate of drug-likeness (QED) is 0.840. The van der Waals surface area contributed by atoms with Gasteiger partial charge in [-0.05, 0) is 43.2 Å². The van der Waals surface area contributed by atoms with Gasteiger partial charge in [-0.1, -0.05) is 43.0 Å². The molecule has 2 amide bonds. The molecular formula is C22H22N2O2. The minimum atomic E-state index is -0.0672. The molecule has 26 heavy (non-hydrogen) atoms. The van der Waals surface area contributed by atoms with Crippen LogP contribution in [0.4, 0.5) is 5.69 Å². The van der Waals surface area contributed by atoms with Gasteiger partial charge >= 0.3 is 0 Å². The van der Waals surface area contributed by atoms with Crippen molar-refractivity contribution in [3.05, 3.63) is 65.7 Å². The molecule has 1 aliphatic rings. The first-order valence-corrected chi connectivity index (χ1v) is 8.92. The molecule has 0 saturated heterocycles. The van der Waals surface area contributed by atoms with Gasteiger partial charge in [0, 0.05) is 29.3 Å². The molecule has 132 valence electrons. The van der Waals surface area contributed by atoms with Crippen molar-refractivity contribution in [3.63, 3.8) is 0 Å². The van der Waals surface area contributed by atoms with Crippen molar-refractivity contribution in [2.24, 2.45) is 0 Å². The first kappa shape index (κ1) is 17.8. The fourth-order valence-corrected chi connectivity index (χ4v) is 2.65. The van der Waals surface area contributed by atoms with E-state index >= 15 is 0 Å². The van der Waals surface area contributed by atoms with Crippen molar-refractivity contribution in [1.82, 2.24) is 4.90 Å². The number of nitrogens with one attached hydrogen (secondary N) is 1. The Morgan fingerprint density at radius 3 is 2.58 bits per heavy atom.